The van der Waals surface area contributed by atoms with E-state index >= 15 is 0 Å². The van der Waals surface area contributed by atoms with Crippen molar-refractivity contribution < 1.29 is 14.7 Å². The first kappa shape index (κ1) is 18.9. The molecule has 0 aromatic heterocycles. The first-order chi connectivity index (χ1) is 9.27. The SMILES string of the molecule is CC(CO)CCCNC(=O)CCCNC(=O)C(C)(C)C. The molecule has 0 aliphatic rings. The average molecular weight is 286 g/mol. The number of aliphatic hydroxyl groups excluding tert-OH is 1. The molecule has 5 heteroatoms. The molecule has 1 atom stereocenters. The molecule has 0 fully saturated rings. The highest BCUT2D eigenvalue weighted by atomic mass is 16.3. The maximum atomic E-state index is 11.6. The van der Waals surface area contributed by atoms with Crippen LogP contribution in [0.5, 0.6) is 0 Å². The average Bonchev–Trinajstić information content (AvgIpc) is 2.37. The third-order valence-electron chi connectivity index (χ3n) is 3.05. The largest absolute Gasteiger partial charge is 0.396 e. The summed E-state index contributed by atoms with van der Waals surface area (Å²) in [6.07, 6.45) is 2.88. The van der Waals surface area contributed by atoms with Crippen LogP contribution in [0.3, 0.4) is 0 Å². The van der Waals surface area contributed by atoms with Gasteiger partial charge in [0.1, 0.15) is 0 Å². The minimum atomic E-state index is -0.383. The van der Waals surface area contributed by atoms with Crippen LogP contribution in [0.15, 0.2) is 0 Å². The van der Waals surface area contributed by atoms with E-state index in [1.807, 2.05) is 27.7 Å². The summed E-state index contributed by atoms with van der Waals surface area (Å²) in [6.45, 7) is 8.96. The molecule has 2 amide bonds. The minimum absolute atomic E-state index is 0.0101. The van der Waals surface area contributed by atoms with Crippen molar-refractivity contribution in [2.75, 3.05) is 19.7 Å². The van der Waals surface area contributed by atoms with Crippen molar-refractivity contribution in [3.8, 4) is 0 Å². The molecule has 0 heterocycles. The zero-order valence-corrected chi connectivity index (χ0v) is 13.3. The molecule has 0 rings (SSSR count). The molecule has 20 heavy (non-hydrogen) atoms. The molecule has 0 saturated carbocycles. The van der Waals surface area contributed by atoms with Crippen molar-refractivity contribution in [3.05, 3.63) is 0 Å². The molecule has 3 N–H and O–H groups in total. The lowest BCUT2D eigenvalue weighted by Gasteiger charge is -2.17. The molecule has 1 unspecified atom stereocenters. The van der Waals surface area contributed by atoms with Crippen LogP contribution in [0.1, 0.15) is 53.4 Å². The van der Waals surface area contributed by atoms with Crippen LogP contribution in [0.4, 0.5) is 0 Å². The molecule has 5 nitrogen and oxygen atoms in total. The topological polar surface area (TPSA) is 78.4 Å². The third-order valence-corrected chi connectivity index (χ3v) is 3.05. The first-order valence-electron chi connectivity index (χ1n) is 7.43. The number of carbonyl (C=O) groups is 2. The molecule has 0 bridgehead atoms. The molecule has 0 spiro atoms. The monoisotopic (exact) mass is 286 g/mol. The maximum absolute atomic E-state index is 11.6. The summed E-state index contributed by atoms with van der Waals surface area (Å²) in [7, 11) is 0. The summed E-state index contributed by atoms with van der Waals surface area (Å²) < 4.78 is 0. The minimum Gasteiger partial charge on any atom is -0.396 e. The lowest BCUT2D eigenvalue weighted by atomic mass is 9.96. The van der Waals surface area contributed by atoms with Crippen LogP contribution in [0.25, 0.3) is 0 Å². The van der Waals surface area contributed by atoms with Crippen LogP contribution >= 0.6 is 0 Å². The number of rotatable bonds is 9. The summed E-state index contributed by atoms with van der Waals surface area (Å²) in [5.41, 5.74) is -0.383. The second-order valence-electron chi connectivity index (χ2n) is 6.39. The Hall–Kier alpha value is -1.10. The summed E-state index contributed by atoms with van der Waals surface area (Å²) in [4.78, 5) is 23.1. The maximum Gasteiger partial charge on any atom is 0.225 e. The van der Waals surface area contributed by atoms with E-state index in [9.17, 15) is 9.59 Å². The molecule has 0 radical (unpaired) electrons. The second-order valence-corrected chi connectivity index (χ2v) is 6.39. The molecule has 0 saturated heterocycles. The van der Waals surface area contributed by atoms with Gasteiger partial charge in [0.2, 0.25) is 11.8 Å². The quantitative estimate of drug-likeness (QED) is 0.561. The van der Waals surface area contributed by atoms with E-state index in [2.05, 4.69) is 10.6 Å². The zero-order chi connectivity index (χ0) is 15.6. The number of carbonyl (C=O) groups excluding carboxylic acids is 2. The molecular formula is C15H30N2O3. The van der Waals surface area contributed by atoms with E-state index in [1.165, 1.54) is 0 Å². The van der Waals surface area contributed by atoms with Crippen molar-refractivity contribution in [3.63, 3.8) is 0 Å². The van der Waals surface area contributed by atoms with E-state index in [0.29, 0.717) is 31.8 Å². The normalized spacial score (nSPS) is 12.8. The van der Waals surface area contributed by atoms with Crippen molar-refractivity contribution in [1.82, 2.24) is 10.6 Å². The highest BCUT2D eigenvalue weighted by molar-refractivity contribution is 5.81. The van der Waals surface area contributed by atoms with Crippen molar-refractivity contribution in [2.24, 2.45) is 11.3 Å². The Labute approximate surface area is 122 Å². The summed E-state index contributed by atoms with van der Waals surface area (Å²) in [5.74, 6) is 0.321. The molecule has 0 aromatic rings. The van der Waals surface area contributed by atoms with Gasteiger partial charge in [-0.25, -0.2) is 0 Å². The fourth-order valence-corrected chi connectivity index (χ4v) is 1.57. The van der Waals surface area contributed by atoms with Crippen LogP contribution < -0.4 is 10.6 Å². The van der Waals surface area contributed by atoms with Crippen molar-refractivity contribution >= 4 is 11.8 Å². The van der Waals surface area contributed by atoms with Crippen LogP contribution in [-0.4, -0.2) is 36.6 Å². The van der Waals surface area contributed by atoms with Gasteiger partial charge in [-0.05, 0) is 25.2 Å². The third kappa shape index (κ3) is 9.78. The van der Waals surface area contributed by atoms with Gasteiger partial charge in [0.25, 0.3) is 0 Å². The number of hydrogen-bond acceptors (Lipinski definition) is 3. The predicted octanol–water partition coefficient (Wildman–Crippen LogP) is 1.45. The van der Waals surface area contributed by atoms with Gasteiger partial charge in [-0.2, -0.15) is 0 Å². The van der Waals surface area contributed by atoms with E-state index in [1.54, 1.807) is 0 Å². The smallest absolute Gasteiger partial charge is 0.225 e. The number of amides is 2. The van der Waals surface area contributed by atoms with Crippen LogP contribution in [-0.2, 0) is 9.59 Å². The Bertz CT molecular complexity index is 298. The Balaban J connectivity index is 3.53. The van der Waals surface area contributed by atoms with Gasteiger partial charge in [0.15, 0.2) is 0 Å². The van der Waals surface area contributed by atoms with Gasteiger partial charge in [0, 0.05) is 31.5 Å². The Morgan fingerprint density at radius 3 is 2.25 bits per heavy atom. The lowest BCUT2D eigenvalue weighted by molar-refractivity contribution is -0.128. The number of nitrogens with one attached hydrogen (secondary N) is 2. The van der Waals surface area contributed by atoms with Gasteiger partial charge < -0.3 is 15.7 Å². The van der Waals surface area contributed by atoms with Crippen LogP contribution in [0, 0.1) is 11.3 Å². The predicted molar refractivity (Wildman–Crippen MR) is 80.2 cm³/mol. The molecular weight excluding hydrogens is 256 g/mol. The molecule has 0 aromatic carbocycles. The fourth-order valence-electron chi connectivity index (χ4n) is 1.57. The molecule has 0 aliphatic heterocycles. The fraction of sp³-hybridized carbons (Fsp3) is 0.867. The summed E-state index contributed by atoms with van der Waals surface area (Å²) in [5, 5.41) is 14.5. The molecule has 0 aliphatic carbocycles. The number of hydrogen-bond donors (Lipinski definition) is 3. The van der Waals surface area contributed by atoms with Gasteiger partial charge in [0.05, 0.1) is 0 Å². The van der Waals surface area contributed by atoms with Crippen LogP contribution in [0.2, 0.25) is 0 Å². The zero-order valence-electron chi connectivity index (χ0n) is 13.3. The highest BCUT2D eigenvalue weighted by Gasteiger charge is 2.20. The van der Waals surface area contributed by atoms with E-state index in [-0.39, 0.29) is 23.8 Å². The second kappa shape index (κ2) is 9.75. The molecule has 118 valence electrons. The van der Waals surface area contributed by atoms with Gasteiger partial charge in [-0.15, -0.1) is 0 Å². The van der Waals surface area contributed by atoms with Gasteiger partial charge in [-0.3, -0.25) is 9.59 Å². The van der Waals surface area contributed by atoms with E-state index in [4.69, 9.17) is 5.11 Å². The van der Waals surface area contributed by atoms with E-state index < -0.39 is 0 Å². The standard InChI is InChI=1S/C15H30N2O3/c1-12(11-18)7-5-9-16-13(19)8-6-10-17-14(20)15(2,3)4/h12,18H,5-11H2,1-4H3,(H,16,19)(H,17,20). The Kier molecular flexibility index (Phi) is 9.21. The van der Waals surface area contributed by atoms with E-state index in [0.717, 1.165) is 12.8 Å². The van der Waals surface area contributed by atoms with Crippen molar-refractivity contribution in [1.29, 1.82) is 0 Å². The van der Waals surface area contributed by atoms with Gasteiger partial charge in [-0.1, -0.05) is 27.7 Å². The highest BCUT2D eigenvalue weighted by Crippen LogP contribution is 2.12. The summed E-state index contributed by atoms with van der Waals surface area (Å²) in [6, 6.07) is 0. The Morgan fingerprint density at radius 1 is 1.10 bits per heavy atom. The lowest BCUT2D eigenvalue weighted by Crippen LogP contribution is -2.35. The Morgan fingerprint density at radius 2 is 1.70 bits per heavy atom. The summed E-state index contributed by atoms with van der Waals surface area (Å²) >= 11 is 0. The van der Waals surface area contributed by atoms with Crippen molar-refractivity contribution in [2.45, 2.75) is 53.4 Å². The first-order valence-corrected chi connectivity index (χ1v) is 7.43. The number of aliphatic hydroxyl groups is 1. The van der Waals surface area contributed by atoms with Gasteiger partial charge >= 0.3 is 0 Å².